The van der Waals surface area contributed by atoms with E-state index in [9.17, 15) is 14.7 Å². The van der Waals surface area contributed by atoms with Crippen LogP contribution in [0.25, 0.3) is 0 Å². The molecule has 1 aromatic carbocycles. The van der Waals surface area contributed by atoms with Gasteiger partial charge in [0.05, 0.1) is 11.5 Å². The molecule has 1 heterocycles. The second kappa shape index (κ2) is 6.52. The zero-order valence-electron chi connectivity index (χ0n) is 11.3. The first-order valence-corrected chi connectivity index (χ1v) is 6.84. The molecule has 0 aliphatic carbocycles. The van der Waals surface area contributed by atoms with Crippen molar-refractivity contribution in [3.8, 4) is 5.75 Å². The van der Waals surface area contributed by atoms with Crippen molar-refractivity contribution in [2.45, 2.75) is 19.3 Å². The van der Waals surface area contributed by atoms with Gasteiger partial charge >= 0.3 is 5.97 Å². The molecular formula is C15H19NO4. The number of piperidine rings is 1. The number of phenols is 1. The molecule has 1 saturated heterocycles. The van der Waals surface area contributed by atoms with Crippen LogP contribution in [0, 0.1) is 5.92 Å². The number of para-hydroxylation sites is 1. The van der Waals surface area contributed by atoms with Crippen molar-refractivity contribution in [3.05, 3.63) is 29.8 Å². The van der Waals surface area contributed by atoms with Gasteiger partial charge in [0.25, 0.3) is 0 Å². The number of carbonyl (C=O) groups is 2. The first-order chi connectivity index (χ1) is 9.58. The number of likely N-dealkylation sites (tertiary alicyclic amines) is 1. The fraction of sp³-hybridized carbons (Fsp3) is 0.467. The molecule has 108 valence electrons. The minimum atomic E-state index is -0.727. The topological polar surface area (TPSA) is 77.8 Å². The first kappa shape index (κ1) is 14.5. The smallest absolute Gasteiger partial charge is 0.306 e. The number of hydrogen-bond donors (Lipinski definition) is 2. The van der Waals surface area contributed by atoms with Gasteiger partial charge in [0, 0.05) is 13.0 Å². The highest BCUT2D eigenvalue weighted by atomic mass is 16.4. The summed E-state index contributed by atoms with van der Waals surface area (Å²) >= 11 is 0. The minimum absolute atomic E-state index is 0.0158. The largest absolute Gasteiger partial charge is 0.507 e. The Morgan fingerprint density at radius 1 is 1.20 bits per heavy atom. The molecule has 1 fully saturated rings. The summed E-state index contributed by atoms with van der Waals surface area (Å²) in [5.41, 5.74) is 0.355. The normalized spacial score (nSPS) is 17.0. The molecule has 0 radical (unpaired) electrons. The van der Waals surface area contributed by atoms with E-state index in [1.165, 1.54) is 6.07 Å². The summed E-state index contributed by atoms with van der Waals surface area (Å²) in [6.07, 6.45) is 1.62. The maximum atomic E-state index is 12.0. The van der Waals surface area contributed by atoms with Crippen molar-refractivity contribution in [1.29, 1.82) is 0 Å². The van der Waals surface area contributed by atoms with Crippen LogP contribution in [0.1, 0.15) is 29.6 Å². The highest BCUT2D eigenvalue weighted by Gasteiger charge is 2.24. The van der Waals surface area contributed by atoms with Gasteiger partial charge in [0.2, 0.25) is 0 Å². The molecule has 0 unspecified atom stereocenters. The van der Waals surface area contributed by atoms with Crippen molar-refractivity contribution in [2.75, 3.05) is 19.6 Å². The Kier molecular flexibility index (Phi) is 4.74. The molecule has 0 atom stereocenters. The van der Waals surface area contributed by atoms with Gasteiger partial charge in [-0.15, -0.1) is 0 Å². The zero-order chi connectivity index (χ0) is 14.5. The van der Waals surface area contributed by atoms with Crippen LogP contribution in [0.15, 0.2) is 24.3 Å². The molecule has 5 nitrogen and oxygen atoms in total. The average Bonchev–Trinajstić information content (AvgIpc) is 2.45. The van der Waals surface area contributed by atoms with E-state index in [1.54, 1.807) is 18.2 Å². The third-order valence-electron chi connectivity index (χ3n) is 3.80. The lowest BCUT2D eigenvalue weighted by Gasteiger charge is -2.29. The Hall–Kier alpha value is -1.88. The number of Topliss-reactive ketones (excluding diaryl/α,β-unsaturated/α-hetero) is 1. The summed E-state index contributed by atoms with van der Waals surface area (Å²) < 4.78 is 0. The summed E-state index contributed by atoms with van der Waals surface area (Å²) in [5, 5.41) is 18.5. The number of nitrogens with zero attached hydrogens (tertiary/aromatic N) is 1. The first-order valence-electron chi connectivity index (χ1n) is 6.84. The highest BCUT2D eigenvalue weighted by molar-refractivity contribution is 5.98. The van der Waals surface area contributed by atoms with Crippen LogP contribution in [0.3, 0.4) is 0 Å². The monoisotopic (exact) mass is 277 g/mol. The number of aliphatic carboxylic acids is 1. The molecule has 0 amide bonds. The van der Waals surface area contributed by atoms with Crippen LogP contribution in [-0.4, -0.2) is 46.5 Å². The summed E-state index contributed by atoms with van der Waals surface area (Å²) in [4.78, 5) is 25.0. The third-order valence-corrected chi connectivity index (χ3v) is 3.80. The van der Waals surface area contributed by atoms with Gasteiger partial charge < -0.3 is 15.1 Å². The van der Waals surface area contributed by atoms with E-state index in [2.05, 4.69) is 4.90 Å². The van der Waals surface area contributed by atoms with E-state index in [0.29, 0.717) is 44.5 Å². The molecular weight excluding hydrogens is 258 g/mol. The number of hydrogen-bond acceptors (Lipinski definition) is 4. The predicted octanol–water partition coefficient (Wildman–Crippen LogP) is 1.76. The molecule has 2 rings (SSSR count). The summed E-state index contributed by atoms with van der Waals surface area (Å²) in [6.45, 7) is 2.04. The van der Waals surface area contributed by atoms with Crippen molar-refractivity contribution < 1.29 is 19.8 Å². The lowest BCUT2D eigenvalue weighted by atomic mass is 9.97. The number of ketones is 1. The van der Waals surface area contributed by atoms with E-state index < -0.39 is 5.97 Å². The molecule has 0 bridgehead atoms. The molecule has 1 aromatic rings. The Morgan fingerprint density at radius 2 is 1.85 bits per heavy atom. The number of carboxylic acid groups (broad SMARTS) is 1. The van der Waals surface area contributed by atoms with E-state index in [1.807, 2.05) is 0 Å². The summed E-state index contributed by atoms with van der Waals surface area (Å²) in [6, 6.07) is 6.54. The molecule has 5 heteroatoms. The zero-order valence-corrected chi connectivity index (χ0v) is 11.3. The van der Waals surface area contributed by atoms with Crippen molar-refractivity contribution in [2.24, 2.45) is 5.92 Å². The van der Waals surface area contributed by atoms with Crippen LogP contribution < -0.4 is 0 Å². The van der Waals surface area contributed by atoms with Crippen LogP contribution in [0.4, 0.5) is 0 Å². The lowest BCUT2D eigenvalue weighted by Crippen LogP contribution is -2.37. The van der Waals surface area contributed by atoms with E-state index in [0.717, 1.165) is 0 Å². The number of benzene rings is 1. The number of rotatable bonds is 5. The fourth-order valence-corrected chi connectivity index (χ4v) is 2.51. The Bertz CT molecular complexity index is 492. The van der Waals surface area contributed by atoms with Crippen LogP contribution >= 0.6 is 0 Å². The number of phenolic OH excluding ortho intramolecular Hbond substituents is 1. The van der Waals surface area contributed by atoms with Gasteiger partial charge in [-0.2, -0.15) is 0 Å². The van der Waals surface area contributed by atoms with Crippen molar-refractivity contribution >= 4 is 11.8 Å². The number of carbonyl (C=O) groups excluding carboxylic acids is 1. The minimum Gasteiger partial charge on any atom is -0.507 e. The maximum absolute atomic E-state index is 12.0. The van der Waals surface area contributed by atoms with E-state index in [-0.39, 0.29) is 17.5 Å². The number of aromatic hydroxyl groups is 1. The Labute approximate surface area is 117 Å². The number of carboxylic acids is 1. The van der Waals surface area contributed by atoms with Crippen LogP contribution in [0.2, 0.25) is 0 Å². The Morgan fingerprint density at radius 3 is 2.45 bits per heavy atom. The molecule has 0 spiro atoms. The van der Waals surface area contributed by atoms with Crippen molar-refractivity contribution in [3.63, 3.8) is 0 Å². The second-order valence-corrected chi connectivity index (χ2v) is 5.14. The average molecular weight is 277 g/mol. The van der Waals surface area contributed by atoms with E-state index >= 15 is 0 Å². The van der Waals surface area contributed by atoms with E-state index in [4.69, 9.17) is 5.11 Å². The van der Waals surface area contributed by atoms with Crippen LogP contribution in [0.5, 0.6) is 5.75 Å². The van der Waals surface area contributed by atoms with Gasteiger partial charge in [-0.05, 0) is 38.1 Å². The van der Waals surface area contributed by atoms with Gasteiger partial charge in [-0.25, -0.2) is 0 Å². The quantitative estimate of drug-likeness (QED) is 0.802. The summed E-state index contributed by atoms with van der Waals surface area (Å²) in [5.74, 6) is -1.04. The van der Waals surface area contributed by atoms with Crippen molar-refractivity contribution in [1.82, 2.24) is 4.90 Å². The summed E-state index contributed by atoms with van der Waals surface area (Å²) in [7, 11) is 0. The molecule has 20 heavy (non-hydrogen) atoms. The standard InChI is InChI=1S/C15H19NO4/c17-13-4-2-1-3-12(13)14(18)7-10-16-8-5-11(6-9-16)15(19)20/h1-4,11,17H,5-10H2,(H,19,20). The SMILES string of the molecule is O=C(CCN1CCC(C(=O)O)CC1)c1ccccc1O. The highest BCUT2D eigenvalue weighted by Crippen LogP contribution is 2.20. The molecule has 2 N–H and O–H groups in total. The van der Waals surface area contributed by atoms with Gasteiger partial charge in [-0.3, -0.25) is 9.59 Å². The van der Waals surface area contributed by atoms with Crippen LogP contribution in [-0.2, 0) is 4.79 Å². The maximum Gasteiger partial charge on any atom is 0.306 e. The predicted molar refractivity (Wildman–Crippen MR) is 73.9 cm³/mol. The Balaban J connectivity index is 1.80. The second-order valence-electron chi connectivity index (χ2n) is 5.14. The van der Waals surface area contributed by atoms with Gasteiger partial charge in [-0.1, -0.05) is 12.1 Å². The molecule has 1 aliphatic heterocycles. The van der Waals surface area contributed by atoms with Gasteiger partial charge in [0.1, 0.15) is 5.75 Å². The van der Waals surface area contributed by atoms with Gasteiger partial charge in [0.15, 0.2) is 5.78 Å². The lowest BCUT2D eigenvalue weighted by molar-refractivity contribution is -0.143. The molecule has 0 saturated carbocycles. The molecule has 1 aliphatic rings. The fourth-order valence-electron chi connectivity index (χ4n) is 2.51. The molecule has 0 aromatic heterocycles. The third kappa shape index (κ3) is 3.57.